The van der Waals surface area contributed by atoms with Crippen molar-refractivity contribution in [1.82, 2.24) is 5.43 Å². The van der Waals surface area contributed by atoms with Gasteiger partial charge in [0.15, 0.2) is 6.61 Å². The molecule has 0 radical (unpaired) electrons. The minimum Gasteiger partial charge on any atom is -0.484 e. The zero-order valence-electron chi connectivity index (χ0n) is 18.1. The molecule has 0 heterocycles. The van der Waals surface area contributed by atoms with E-state index >= 15 is 0 Å². The Morgan fingerprint density at radius 1 is 1.03 bits per heavy atom. The highest BCUT2D eigenvalue weighted by Crippen LogP contribution is 2.32. The predicted molar refractivity (Wildman–Crippen MR) is 134 cm³/mol. The summed E-state index contributed by atoms with van der Waals surface area (Å²) in [4.78, 5) is 23.4. The van der Waals surface area contributed by atoms with Gasteiger partial charge in [-0.05, 0) is 60.2 Å². The molecule has 0 spiro atoms. The Labute approximate surface area is 212 Å². The van der Waals surface area contributed by atoms with Gasteiger partial charge >= 0.3 is 0 Å². The average molecular weight is 535 g/mol. The number of amides is 2. The maximum Gasteiger partial charge on any atom is 0.264 e. The first-order valence-electron chi connectivity index (χ1n) is 10.0. The van der Waals surface area contributed by atoms with Crippen LogP contribution in [0, 0.1) is 0 Å². The molecule has 3 aromatic rings. The number of halogens is 2. The van der Waals surface area contributed by atoms with Crippen molar-refractivity contribution >= 4 is 56.9 Å². The Balaban J connectivity index is 1.75. The number of carbonyl (C=O) groups excluding carboxylic acids is 2. The molecule has 0 bridgehead atoms. The van der Waals surface area contributed by atoms with Crippen LogP contribution in [0.15, 0.2) is 82.8 Å². The van der Waals surface area contributed by atoms with Crippen molar-refractivity contribution in [2.75, 3.05) is 17.5 Å². The smallest absolute Gasteiger partial charge is 0.264 e. The Bertz CT molecular complexity index is 1330. The van der Waals surface area contributed by atoms with Gasteiger partial charge in [-0.1, -0.05) is 41.4 Å². The second-order valence-electron chi connectivity index (χ2n) is 7.04. The van der Waals surface area contributed by atoms with E-state index in [4.69, 9.17) is 33.7 Å². The van der Waals surface area contributed by atoms with E-state index in [9.17, 15) is 18.0 Å². The van der Waals surface area contributed by atoms with Crippen LogP contribution in [0.25, 0.3) is 0 Å². The molecular weight excluding hydrogens is 515 g/mol. The van der Waals surface area contributed by atoms with Crippen molar-refractivity contribution < 1.29 is 22.7 Å². The molecule has 0 aliphatic rings. The van der Waals surface area contributed by atoms with Gasteiger partial charge in [-0.15, -0.1) is 0 Å². The van der Waals surface area contributed by atoms with Crippen molar-refractivity contribution in [2.45, 2.75) is 4.90 Å². The highest BCUT2D eigenvalue weighted by atomic mass is 35.5. The molecule has 9 nitrogen and oxygen atoms in total. The first kappa shape index (κ1) is 26.0. The van der Waals surface area contributed by atoms with Gasteiger partial charge in [-0.3, -0.25) is 13.9 Å². The number of hydrogen-bond donors (Lipinski definition) is 2. The molecular formula is C23H20Cl2N4O5S. The number of nitrogens with one attached hydrogen (secondary N) is 1. The van der Waals surface area contributed by atoms with Gasteiger partial charge in [0, 0.05) is 5.02 Å². The molecule has 12 heteroatoms. The lowest BCUT2D eigenvalue weighted by Crippen LogP contribution is -2.39. The summed E-state index contributed by atoms with van der Waals surface area (Å²) in [6.45, 7) is -0.834. The first-order chi connectivity index (χ1) is 16.7. The minimum absolute atomic E-state index is 0.0130. The van der Waals surface area contributed by atoms with E-state index in [-0.39, 0.29) is 22.2 Å². The van der Waals surface area contributed by atoms with Gasteiger partial charge in [-0.25, -0.2) is 13.8 Å². The van der Waals surface area contributed by atoms with Crippen LogP contribution >= 0.6 is 23.2 Å². The molecule has 3 rings (SSSR count). The molecule has 3 aromatic carbocycles. The monoisotopic (exact) mass is 534 g/mol. The number of primary amides is 1. The molecule has 0 fully saturated rings. The number of nitrogens with two attached hydrogens (primary N) is 1. The maximum absolute atomic E-state index is 13.3. The Morgan fingerprint density at radius 2 is 1.71 bits per heavy atom. The minimum atomic E-state index is -4.13. The average Bonchev–Trinajstić information content (AvgIpc) is 2.83. The molecule has 0 aromatic heterocycles. The van der Waals surface area contributed by atoms with Crippen molar-refractivity contribution in [2.24, 2.45) is 10.8 Å². The van der Waals surface area contributed by atoms with Gasteiger partial charge in [0.25, 0.3) is 21.8 Å². The van der Waals surface area contributed by atoms with E-state index in [0.29, 0.717) is 16.3 Å². The molecule has 0 atom stereocenters. The molecule has 0 unspecified atom stereocenters. The molecule has 2 amide bonds. The summed E-state index contributed by atoms with van der Waals surface area (Å²) in [5, 5.41) is 4.25. The lowest BCUT2D eigenvalue weighted by Gasteiger charge is -2.24. The number of sulfonamides is 1. The van der Waals surface area contributed by atoms with Crippen LogP contribution in [0.4, 0.5) is 5.69 Å². The number of carbonyl (C=O) groups is 2. The topological polar surface area (TPSA) is 131 Å². The van der Waals surface area contributed by atoms with E-state index in [2.05, 4.69) is 10.5 Å². The standard InChI is InChI=1S/C23H20Cl2N4O5S/c24-17-8-11-21(20(25)12-17)29(35(32,33)19-4-2-1-3-5-19)14-23(31)28-27-13-16-6-9-18(10-7-16)34-15-22(26)30/h1-13H,14-15H2,(H2,26,30)(H,28,31)/b27-13-. The van der Waals surface area contributed by atoms with Gasteiger partial charge < -0.3 is 10.5 Å². The second-order valence-corrected chi connectivity index (χ2v) is 9.74. The molecule has 0 saturated carbocycles. The van der Waals surface area contributed by atoms with Crippen LogP contribution in [0.1, 0.15) is 5.56 Å². The number of rotatable bonds is 10. The van der Waals surface area contributed by atoms with Crippen LogP contribution in [0.5, 0.6) is 5.75 Å². The van der Waals surface area contributed by atoms with Crippen molar-refractivity contribution in [3.63, 3.8) is 0 Å². The van der Waals surface area contributed by atoms with Crippen LogP contribution in [-0.2, 0) is 19.6 Å². The normalized spacial score (nSPS) is 11.3. The number of ether oxygens (including phenoxy) is 1. The predicted octanol–water partition coefficient (Wildman–Crippen LogP) is 3.20. The Morgan fingerprint density at radius 3 is 2.34 bits per heavy atom. The quantitative estimate of drug-likeness (QED) is 0.304. The Kier molecular flexibility index (Phi) is 8.69. The lowest BCUT2D eigenvalue weighted by molar-refractivity contribution is -0.120. The van der Waals surface area contributed by atoms with Crippen LogP contribution in [0.3, 0.4) is 0 Å². The van der Waals surface area contributed by atoms with Crippen LogP contribution in [-0.4, -0.2) is 39.6 Å². The van der Waals surface area contributed by atoms with E-state index < -0.39 is 28.4 Å². The summed E-state index contributed by atoms with van der Waals surface area (Å²) < 4.78 is 32.7. The van der Waals surface area contributed by atoms with E-state index in [0.717, 1.165) is 4.31 Å². The van der Waals surface area contributed by atoms with Gasteiger partial charge in [-0.2, -0.15) is 5.10 Å². The zero-order chi connectivity index (χ0) is 25.4. The molecule has 0 saturated heterocycles. The van der Waals surface area contributed by atoms with Gasteiger partial charge in [0.1, 0.15) is 12.3 Å². The fourth-order valence-corrected chi connectivity index (χ4v) is 4.87. The van der Waals surface area contributed by atoms with Crippen LogP contribution in [0.2, 0.25) is 10.0 Å². The number of anilines is 1. The third kappa shape index (κ3) is 7.19. The highest BCUT2D eigenvalue weighted by molar-refractivity contribution is 7.92. The lowest BCUT2D eigenvalue weighted by atomic mass is 10.2. The van der Waals surface area contributed by atoms with E-state index in [1.165, 1.54) is 36.5 Å². The van der Waals surface area contributed by atoms with E-state index in [1.807, 2.05) is 0 Å². The molecule has 0 aliphatic heterocycles. The fraction of sp³-hybridized carbons (Fsp3) is 0.0870. The summed E-state index contributed by atoms with van der Waals surface area (Å²) in [6.07, 6.45) is 1.36. The number of hydrazone groups is 1. The molecule has 0 aliphatic carbocycles. The summed E-state index contributed by atoms with van der Waals surface area (Å²) in [6, 6.07) is 18.4. The molecule has 3 N–H and O–H groups in total. The van der Waals surface area contributed by atoms with Crippen molar-refractivity contribution in [3.05, 3.63) is 88.4 Å². The summed E-state index contributed by atoms with van der Waals surface area (Å²) in [5.41, 5.74) is 8.04. The van der Waals surface area contributed by atoms with Crippen LogP contribution < -0.4 is 20.2 Å². The molecule has 35 heavy (non-hydrogen) atoms. The fourth-order valence-electron chi connectivity index (χ4n) is 2.85. The summed E-state index contributed by atoms with van der Waals surface area (Å²) in [7, 11) is -4.13. The van der Waals surface area contributed by atoms with Crippen molar-refractivity contribution in [1.29, 1.82) is 0 Å². The third-order valence-corrected chi connectivity index (χ3v) is 6.77. The van der Waals surface area contributed by atoms with Gasteiger partial charge in [0.05, 0.1) is 21.8 Å². The van der Waals surface area contributed by atoms with E-state index in [1.54, 1.807) is 42.5 Å². The first-order valence-corrected chi connectivity index (χ1v) is 12.2. The summed E-state index contributed by atoms with van der Waals surface area (Å²) >= 11 is 12.2. The summed E-state index contributed by atoms with van der Waals surface area (Å²) in [5.74, 6) is -0.860. The number of hydrogen-bond acceptors (Lipinski definition) is 6. The molecule has 182 valence electrons. The third-order valence-electron chi connectivity index (χ3n) is 4.46. The number of nitrogens with zero attached hydrogens (tertiary/aromatic N) is 2. The number of benzene rings is 3. The highest BCUT2D eigenvalue weighted by Gasteiger charge is 2.28. The zero-order valence-corrected chi connectivity index (χ0v) is 20.4. The maximum atomic E-state index is 13.3. The second kappa shape index (κ2) is 11.7. The van der Waals surface area contributed by atoms with Crippen molar-refractivity contribution in [3.8, 4) is 5.75 Å². The van der Waals surface area contributed by atoms with Gasteiger partial charge in [0.2, 0.25) is 0 Å². The SMILES string of the molecule is NC(=O)COc1ccc(/C=N\NC(=O)CN(c2ccc(Cl)cc2Cl)S(=O)(=O)c2ccccc2)cc1. The Hall–Kier alpha value is -3.60. The largest absolute Gasteiger partial charge is 0.484 e.